The number of hydrogen-bond acceptors (Lipinski definition) is 2. The van der Waals surface area contributed by atoms with Gasteiger partial charge in [-0.25, -0.2) is 9.78 Å². The van der Waals surface area contributed by atoms with Crippen LogP contribution in [0.2, 0.25) is 0 Å². The zero-order valence-electron chi connectivity index (χ0n) is 11.6. The van der Waals surface area contributed by atoms with E-state index < -0.39 is 5.97 Å². The highest BCUT2D eigenvalue weighted by Gasteiger charge is 2.10. The normalized spacial score (nSPS) is 10.6. The number of carbonyl (C=O) groups is 1. The second-order valence-electron chi connectivity index (χ2n) is 4.86. The van der Waals surface area contributed by atoms with Crippen LogP contribution in [-0.4, -0.2) is 20.6 Å². The van der Waals surface area contributed by atoms with E-state index in [0.717, 1.165) is 21.4 Å². The van der Waals surface area contributed by atoms with Crippen LogP contribution in [0.15, 0.2) is 65.4 Å². The lowest BCUT2D eigenvalue weighted by Gasteiger charge is -2.10. The SMILES string of the molecule is O=C(O)c1cccc(Cn2ccnc2-c2ccccc2Br)c1. The number of halogens is 1. The van der Waals surface area contributed by atoms with Crippen LogP contribution in [0.3, 0.4) is 0 Å². The molecule has 2 aromatic carbocycles. The first-order valence-electron chi connectivity index (χ1n) is 6.73. The van der Waals surface area contributed by atoms with Gasteiger partial charge in [0.15, 0.2) is 0 Å². The molecule has 1 aromatic heterocycles. The topological polar surface area (TPSA) is 55.1 Å². The van der Waals surface area contributed by atoms with Crippen LogP contribution in [0.1, 0.15) is 15.9 Å². The summed E-state index contributed by atoms with van der Waals surface area (Å²) in [6, 6.07) is 14.8. The minimum atomic E-state index is -0.918. The summed E-state index contributed by atoms with van der Waals surface area (Å²) in [6.45, 7) is 0.567. The number of aromatic carboxylic acids is 1. The van der Waals surface area contributed by atoms with Crippen molar-refractivity contribution in [1.29, 1.82) is 0 Å². The first kappa shape index (κ1) is 14.5. The van der Waals surface area contributed by atoms with Crippen LogP contribution in [0, 0.1) is 0 Å². The van der Waals surface area contributed by atoms with Crippen LogP contribution in [-0.2, 0) is 6.54 Å². The van der Waals surface area contributed by atoms with Gasteiger partial charge in [-0.15, -0.1) is 0 Å². The maximum absolute atomic E-state index is 11.1. The van der Waals surface area contributed by atoms with Gasteiger partial charge in [0.2, 0.25) is 0 Å². The Kier molecular flexibility index (Phi) is 4.06. The summed E-state index contributed by atoms with van der Waals surface area (Å²) in [7, 11) is 0. The lowest BCUT2D eigenvalue weighted by Crippen LogP contribution is -2.03. The third-order valence-corrected chi connectivity index (χ3v) is 4.05. The fraction of sp³-hybridized carbons (Fsp3) is 0.0588. The number of rotatable bonds is 4. The molecule has 110 valence electrons. The Hall–Kier alpha value is -2.40. The van der Waals surface area contributed by atoms with Crippen molar-refractivity contribution >= 4 is 21.9 Å². The lowest BCUT2D eigenvalue weighted by molar-refractivity contribution is 0.0696. The molecular formula is C17H13BrN2O2. The molecule has 0 aliphatic carbocycles. The number of aromatic nitrogens is 2. The Morgan fingerprint density at radius 3 is 2.77 bits per heavy atom. The Balaban J connectivity index is 1.95. The van der Waals surface area contributed by atoms with Crippen molar-refractivity contribution in [2.75, 3.05) is 0 Å². The maximum atomic E-state index is 11.1. The summed E-state index contributed by atoms with van der Waals surface area (Å²) in [6.07, 6.45) is 3.64. The molecule has 5 heteroatoms. The fourth-order valence-electron chi connectivity index (χ4n) is 2.32. The Labute approximate surface area is 136 Å². The van der Waals surface area contributed by atoms with Crippen LogP contribution in [0.25, 0.3) is 11.4 Å². The number of nitrogens with zero attached hydrogens (tertiary/aromatic N) is 2. The van der Waals surface area contributed by atoms with E-state index >= 15 is 0 Å². The molecule has 1 heterocycles. The average molecular weight is 357 g/mol. The van der Waals surface area contributed by atoms with Crippen molar-refractivity contribution in [2.45, 2.75) is 6.54 Å². The van der Waals surface area contributed by atoms with Crippen molar-refractivity contribution in [1.82, 2.24) is 9.55 Å². The molecule has 0 saturated heterocycles. The van der Waals surface area contributed by atoms with Gasteiger partial charge in [-0.1, -0.05) is 46.3 Å². The van der Waals surface area contributed by atoms with Crippen molar-refractivity contribution in [3.05, 3.63) is 76.5 Å². The van der Waals surface area contributed by atoms with Gasteiger partial charge in [0.1, 0.15) is 5.82 Å². The van der Waals surface area contributed by atoms with Crippen LogP contribution < -0.4 is 0 Å². The summed E-state index contributed by atoms with van der Waals surface area (Å²) in [4.78, 5) is 15.5. The molecule has 0 aliphatic rings. The summed E-state index contributed by atoms with van der Waals surface area (Å²) < 4.78 is 2.97. The van der Waals surface area contributed by atoms with Crippen molar-refractivity contribution in [2.24, 2.45) is 0 Å². The summed E-state index contributed by atoms with van der Waals surface area (Å²) in [5.41, 5.74) is 2.22. The fourth-order valence-corrected chi connectivity index (χ4v) is 2.79. The standard InChI is InChI=1S/C17H13BrN2O2/c18-15-7-2-1-6-14(15)16-19-8-9-20(16)11-12-4-3-5-13(10-12)17(21)22/h1-10H,11H2,(H,21,22). The monoisotopic (exact) mass is 356 g/mol. The van der Waals surface area contributed by atoms with E-state index in [2.05, 4.69) is 20.9 Å². The van der Waals surface area contributed by atoms with E-state index in [-0.39, 0.29) is 0 Å². The second kappa shape index (κ2) is 6.15. The molecule has 0 radical (unpaired) electrons. The largest absolute Gasteiger partial charge is 0.478 e. The first-order chi connectivity index (χ1) is 10.6. The second-order valence-corrected chi connectivity index (χ2v) is 5.72. The van der Waals surface area contributed by atoms with E-state index in [1.54, 1.807) is 24.4 Å². The Bertz CT molecular complexity index is 827. The third kappa shape index (κ3) is 2.94. The zero-order valence-corrected chi connectivity index (χ0v) is 13.2. The molecule has 0 spiro atoms. The van der Waals surface area contributed by atoms with E-state index in [1.165, 1.54) is 0 Å². The van der Waals surface area contributed by atoms with Crippen molar-refractivity contribution in [3.8, 4) is 11.4 Å². The molecule has 0 aliphatic heterocycles. The molecule has 0 unspecified atom stereocenters. The molecule has 3 aromatic rings. The molecule has 22 heavy (non-hydrogen) atoms. The highest BCUT2D eigenvalue weighted by Crippen LogP contribution is 2.27. The molecule has 3 rings (SSSR count). The highest BCUT2D eigenvalue weighted by atomic mass is 79.9. The van der Waals surface area contributed by atoms with Crippen LogP contribution in [0.5, 0.6) is 0 Å². The minimum Gasteiger partial charge on any atom is -0.478 e. The molecule has 0 amide bonds. The van der Waals surface area contributed by atoms with Crippen LogP contribution >= 0.6 is 15.9 Å². The molecule has 0 saturated carbocycles. The van der Waals surface area contributed by atoms with Gasteiger partial charge < -0.3 is 9.67 Å². The van der Waals surface area contributed by atoms with Gasteiger partial charge >= 0.3 is 5.97 Å². The predicted molar refractivity (Wildman–Crippen MR) is 87.9 cm³/mol. The molecule has 0 fully saturated rings. The third-order valence-electron chi connectivity index (χ3n) is 3.36. The number of hydrogen-bond donors (Lipinski definition) is 1. The van der Waals surface area contributed by atoms with Gasteiger partial charge in [-0.3, -0.25) is 0 Å². The van der Waals surface area contributed by atoms with E-state index in [1.807, 2.05) is 41.1 Å². The quantitative estimate of drug-likeness (QED) is 0.766. The molecule has 0 bridgehead atoms. The first-order valence-corrected chi connectivity index (χ1v) is 7.53. The number of imidazole rings is 1. The average Bonchev–Trinajstić information content (AvgIpc) is 2.96. The maximum Gasteiger partial charge on any atom is 0.335 e. The molecular weight excluding hydrogens is 344 g/mol. The molecule has 1 N–H and O–H groups in total. The van der Waals surface area contributed by atoms with Gasteiger partial charge in [0, 0.05) is 29.0 Å². The number of carboxylic acid groups (broad SMARTS) is 1. The van der Waals surface area contributed by atoms with Crippen LogP contribution in [0.4, 0.5) is 0 Å². The lowest BCUT2D eigenvalue weighted by atomic mass is 10.1. The van der Waals surface area contributed by atoms with Gasteiger partial charge in [0.05, 0.1) is 5.56 Å². The van der Waals surface area contributed by atoms with Crippen molar-refractivity contribution in [3.63, 3.8) is 0 Å². The number of benzene rings is 2. The van der Waals surface area contributed by atoms with E-state index in [0.29, 0.717) is 12.1 Å². The Morgan fingerprint density at radius 1 is 1.18 bits per heavy atom. The van der Waals surface area contributed by atoms with Gasteiger partial charge in [0.25, 0.3) is 0 Å². The smallest absolute Gasteiger partial charge is 0.335 e. The molecule has 4 nitrogen and oxygen atoms in total. The van der Waals surface area contributed by atoms with E-state index in [4.69, 9.17) is 5.11 Å². The van der Waals surface area contributed by atoms with E-state index in [9.17, 15) is 4.79 Å². The predicted octanol–water partition coefficient (Wildman–Crippen LogP) is 4.06. The summed E-state index contributed by atoms with van der Waals surface area (Å²) in [5.74, 6) is -0.0771. The number of carboxylic acids is 1. The minimum absolute atomic E-state index is 0.292. The summed E-state index contributed by atoms with van der Waals surface area (Å²) >= 11 is 3.54. The molecule has 0 atom stereocenters. The Morgan fingerprint density at radius 2 is 2.00 bits per heavy atom. The zero-order chi connectivity index (χ0) is 15.5. The van der Waals surface area contributed by atoms with Gasteiger partial charge in [-0.05, 0) is 23.8 Å². The van der Waals surface area contributed by atoms with Gasteiger partial charge in [-0.2, -0.15) is 0 Å². The highest BCUT2D eigenvalue weighted by molar-refractivity contribution is 9.10. The summed E-state index contributed by atoms with van der Waals surface area (Å²) in [5, 5.41) is 9.08. The van der Waals surface area contributed by atoms with Crippen molar-refractivity contribution < 1.29 is 9.90 Å².